The van der Waals surface area contributed by atoms with Gasteiger partial charge in [-0.1, -0.05) is 0 Å². The molecule has 5 heteroatoms. The van der Waals surface area contributed by atoms with Gasteiger partial charge in [-0.15, -0.1) is 0 Å². The van der Waals surface area contributed by atoms with Crippen molar-refractivity contribution in [3.05, 3.63) is 47.1 Å². The van der Waals surface area contributed by atoms with E-state index in [9.17, 15) is 0 Å². The Morgan fingerprint density at radius 1 is 1.47 bits per heavy atom. The molecule has 2 rings (SSSR count). The van der Waals surface area contributed by atoms with Gasteiger partial charge in [0.15, 0.2) is 6.10 Å². The van der Waals surface area contributed by atoms with E-state index < -0.39 is 0 Å². The van der Waals surface area contributed by atoms with Crippen molar-refractivity contribution in [1.82, 2.24) is 4.98 Å². The van der Waals surface area contributed by atoms with Crippen molar-refractivity contribution < 1.29 is 9.15 Å². The van der Waals surface area contributed by atoms with Gasteiger partial charge < -0.3 is 14.9 Å². The number of furan rings is 1. The summed E-state index contributed by atoms with van der Waals surface area (Å²) in [5.74, 6) is 1.36. The minimum absolute atomic E-state index is 0.180. The van der Waals surface area contributed by atoms with Gasteiger partial charge in [-0.05, 0) is 41.1 Å². The molecule has 0 aromatic carbocycles. The van der Waals surface area contributed by atoms with Crippen LogP contribution < -0.4 is 10.5 Å². The maximum Gasteiger partial charge on any atom is 0.171 e. The summed E-state index contributed by atoms with van der Waals surface area (Å²) in [6.07, 6.45) is 4.62. The number of halogens is 1. The predicted molar refractivity (Wildman–Crippen MR) is 67.7 cm³/mol. The van der Waals surface area contributed by atoms with E-state index in [0.717, 1.165) is 4.47 Å². The number of rotatable bonds is 4. The molecule has 17 heavy (non-hydrogen) atoms. The van der Waals surface area contributed by atoms with Crippen molar-refractivity contribution in [1.29, 1.82) is 0 Å². The Hall–Kier alpha value is -1.33. The van der Waals surface area contributed by atoms with Crippen molar-refractivity contribution in [3.8, 4) is 5.75 Å². The summed E-state index contributed by atoms with van der Waals surface area (Å²) in [4.78, 5) is 4.03. The Balaban J connectivity index is 2.19. The van der Waals surface area contributed by atoms with Crippen LogP contribution in [0, 0.1) is 0 Å². The Kier molecular flexibility index (Phi) is 3.81. The van der Waals surface area contributed by atoms with E-state index in [-0.39, 0.29) is 12.1 Å². The average molecular weight is 297 g/mol. The maximum absolute atomic E-state index is 5.90. The fraction of sp³-hybridized carbons (Fsp3) is 0.250. The van der Waals surface area contributed by atoms with E-state index in [4.69, 9.17) is 14.9 Å². The summed E-state index contributed by atoms with van der Waals surface area (Å²) in [5, 5.41) is 0. The number of nitrogens with two attached hydrogens (primary N) is 1. The predicted octanol–water partition coefficient (Wildman–Crippen LogP) is 2.90. The first-order valence-electron chi connectivity index (χ1n) is 5.23. The molecule has 0 aliphatic carbocycles. The van der Waals surface area contributed by atoms with Crippen LogP contribution in [0.15, 0.2) is 45.7 Å². The zero-order valence-electron chi connectivity index (χ0n) is 9.34. The molecule has 4 nitrogen and oxygen atoms in total. The van der Waals surface area contributed by atoms with Crippen LogP contribution in [0.5, 0.6) is 5.75 Å². The Bertz CT molecular complexity index is 471. The number of aromatic nitrogens is 1. The Morgan fingerprint density at radius 2 is 2.29 bits per heavy atom. The smallest absolute Gasteiger partial charge is 0.171 e. The van der Waals surface area contributed by atoms with E-state index in [0.29, 0.717) is 11.5 Å². The third-order valence-corrected chi connectivity index (χ3v) is 2.68. The fourth-order valence-electron chi connectivity index (χ4n) is 1.48. The lowest BCUT2D eigenvalue weighted by Gasteiger charge is -2.20. The van der Waals surface area contributed by atoms with Crippen LogP contribution in [0.3, 0.4) is 0 Å². The number of ether oxygens (including phenoxy) is 1. The molecule has 2 aromatic rings. The van der Waals surface area contributed by atoms with E-state index in [2.05, 4.69) is 20.9 Å². The SMILES string of the molecule is CC(N)C(Oc1cncc(Br)c1)c1ccco1. The van der Waals surface area contributed by atoms with Gasteiger partial charge in [-0.3, -0.25) is 4.98 Å². The molecule has 0 spiro atoms. The summed E-state index contributed by atoms with van der Waals surface area (Å²) in [7, 11) is 0. The molecule has 90 valence electrons. The van der Waals surface area contributed by atoms with Crippen molar-refractivity contribution in [3.63, 3.8) is 0 Å². The van der Waals surface area contributed by atoms with Crippen molar-refractivity contribution in [2.45, 2.75) is 19.1 Å². The molecule has 0 aliphatic heterocycles. The molecule has 2 aromatic heterocycles. The summed E-state index contributed by atoms with van der Waals surface area (Å²) >= 11 is 3.34. The summed E-state index contributed by atoms with van der Waals surface area (Å²) in [5.41, 5.74) is 5.90. The molecule has 0 saturated heterocycles. The van der Waals surface area contributed by atoms with Gasteiger partial charge in [0.1, 0.15) is 11.5 Å². The minimum atomic E-state index is -0.318. The molecule has 2 atom stereocenters. The van der Waals surface area contributed by atoms with Gasteiger partial charge in [0.25, 0.3) is 0 Å². The molecule has 2 unspecified atom stereocenters. The second-order valence-electron chi connectivity index (χ2n) is 3.75. The first kappa shape index (κ1) is 12.1. The second-order valence-corrected chi connectivity index (χ2v) is 4.67. The number of pyridine rings is 1. The van der Waals surface area contributed by atoms with Gasteiger partial charge in [0, 0.05) is 16.7 Å². The number of hydrogen-bond donors (Lipinski definition) is 1. The molecule has 2 N–H and O–H groups in total. The highest BCUT2D eigenvalue weighted by molar-refractivity contribution is 9.10. The van der Waals surface area contributed by atoms with E-state index in [1.54, 1.807) is 18.7 Å². The van der Waals surface area contributed by atoms with Crippen LogP contribution in [0.25, 0.3) is 0 Å². The first-order valence-corrected chi connectivity index (χ1v) is 6.02. The quantitative estimate of drug-likeness (QED) is 0.942. The first-order chi connectivity index (χ1) is 8.16. The number of hydrogen-bond acceptors (Lipinski definition) is 4. The second kappa shape index (κ2) is 5.33. The zero-order valence-corrected chi connectivity index (χ0v) is 10.9. The van der Waals surface area contributed by atoms with Gasteiger partial charge >= 0.3 is 0 Å². The van der Waals surface area contributed by atoms with Crippen LogP contribution in [0.2, 0.25) is 0 Å². The summed E-state index contributed by atoms with van der Waals surface area (Å²) in [6.45, 7) is 1.87. The molecule has 2 heterocycles. The van der Waals surface area contributed by atoms with Gasteiger partial charge in [-0.2, -0.15) is 0 Å². The monoisotopic (exact) mass is 296 g/mol. The highest BCUT2D eigenvalue weighted by Crippen LogP contribution is 2.25. The van der Waals surface area contributed by atoms with Crippen molar-refractivity contribution in [2.75, 3.05) is 0 Å². The zero-order chi connectivity index (χ0) is 12.3. The van der Waals surface area contributed by atoms with E-state index in [1.165, 1.54) is 0 Å². The topological polar surface area (TPSA) is 61.3 Å². The van der Waals surface area contributed by atoms with E-state index in [1.807, 2.05) is 25.1 Å². The Labute approximate surface area is 108 Å². The molecule has 0 bridgehead atoms. The highest BCUT2D eigenvalue weighted by atomic mass is 79.9. The number of nitrogens with zero attached hydrogens (tertiary/aromatic N) is 1. The lowest BCUT2D eigenvalue weighted by Crippen LogP contribution is -2.28. The third-order valence-electron chi connectivity index (χ3n) is 2.24. The molecule has 0 aliphatic rings. The normalized spacial score (nSPS) is 14.3. The molecule has 0 radical (unpaired) electrons. The standard InChI is InChI=1S/C12H13BrN2O2/c1-8(14)12(11-3-2-4-16-11)17-10-5-9(13)6-15-7-10/h2-8,12H,14H2,1H3. The van der Waals surface area contributed by atoms with Crippen LogP contribution >= 0.6 is 15.9 Å². The minimum Gasteiger partial charge on any atom is -0.479 e. The lowest BCUT2D eigenvalue weighted by molar-refractivity contribution is 0.152. The van der Waals surface area contributed by atoms with Crippen LogP contribution in [0.1, 0.15) is 18.8 Å². The largest absolute Gasteiger partial charge is 0.479 e. The van der Waals surface area contributed by atoms with Gasteiger partial charge in [0.2, 0.25) is 0 Å². The highest BCUT2D eigenvalue weighted by Gasteiger charge is 2.21. The molecule has 0 amide bonds. The van der Waals surface area contributed by atoms with Crippen LogP contribution in [-0.4, -0.2) is 11.0 Å². The van der Waals surface area contributed by atoms with Crippen LogP contribution in [0.4, 0.5) is 0 Å². The third kappa shape index (κ3) is 3.08. The van der Waals surface area contributed by atoms with Crippen LogP contribution in [-0.2, 0) is 0 Å². The molecule has 0 fully saturated rings. The molecule has 0 saturated carbocycles. The van der Waals surface area contributed by atoms with Crippen molar-refractivity contribution >= 4 is 15.9 Å². The van der Waals surface area contributed by atoms with Crippen molar-refractivity contribution in [2.24, 2.45) is 5.73 Å². The fourth-order valence-corrected chi connectivity index (χ4v) is 1.82. The van der Waals surface area contributed by atoms with Gasteiger partial charge in [0.05, 0.1) is 12.5 Å². The van der Waals surface area contributed by atoms with E-state index >= 15 is 0 Å². The molecular weight excluding hydrogens is 284 g/mol. The maximum atomic E-state index is 5.90. The summed E-state index contributed by atoms with van der Waals surface area (Å²) < 4.78 is 12.0. The average Bonchev–Trinajstić information content (AvgIpc) is 2.78. The lowest BCUT2D eigenvalue weighted by atomic mass is 10.1. The molecular formula is C12H13BrN2O2. The summed E-state index contributed by atoms with van der Waals surface area (Å²) in [6, 6.07) is 5.32. The van der Waals surface area contributed by atoms with Gasteiger partial charge in [-0.25, -0.2) is 0 Å². The Morgan fingerprint density at radius 3 is 2.88 bits per heavy atom.